The molecule has 0 aromatic heterocycles. The number of urea groups is 1. The number of amides is 4. The lowest BCUT2D eigenvalue weighted by molar-refractivity contribution is -0.122. The maximum Gasteiger partial charge on any atom is 0.320 e. The summed E-state index contributed by atoms with van der Waals surface area (Å²) in [6.07, 6.45) is 2.45. The molecule has 3 aromatic rings. The van der Waals surface area contributed by atoms with Gasteiger partial charge in [-0.15, -0.1) is 0 Å². The Kier molecular flexibility index (Phi) is 7.36. The van der Waals surface area contributed by atoms with Crippen LogP contribution >= 0.6 is 11.6 Å². The number of carbonyl (C=O) groups is 3. The van der Waals surface area contributed by atoms with E-state index in [0.29, 0.717) is 34.9 Å². The number of anilines is 3. The Hall–Kier alpha value is -3.84. The molecule has 1 fully saturated rings. The number of halogens is 1. The zero-order valence-electron chi connectivity index (χ0n) is 19.4. The van der Waals surface area contributed by atoms with Crippen molar-refractivity contribution in [3.63, 3.8) is 0 Å². The SMILES string of the molecule is C[C@@](NC(=O)Nc1ccc(Cl)cc1)(C(=O)Nc1ccc(N2CCCCC2=O)cc1)c1ccccc1. The molecule has 0 unspecified atom stereocenters. The Bertz CT molecular complexity index is 1200. The van der Waals surface area contributed by atoms with E-state index in [1.165, 1.54) is 0 Å². The second kappa shape index (κ2) is 10.6. The van der Waals surface area contributed by atoms with E-state index in [1.54, 1.807) is 60.4 Å². The van der Waals surface area contributed by atoms with Gasteiger partial charge in [-0.3, -0.25) is 9.59 Å². The summed E-state index contributed by atoms with van der Waals surface area (Å²) in [5.41, 5.74) is 1.17. The highest BCUT2D eigenvalue weighted by Crippen LogP contribution is 2.26. The highest BCUT2D eigenvalue weighted by atomic mass is 35.5. The fraction of sp³-hybridized carbons (Fsp3) is 0.222. The summed E-state index contributed by atoms with van der Waals surface area (Å²) in [7, 11) is 0. The van der Waals surface area contributed by atoms with E-state index in [1.807, 2.05) is 30.3 Å². The molecule has 0 saturated carbocycles. The molecule has 3 aromatic carbocycles. The Morgan fingerprint density at radius 3 is 2.14 bits per heavy atom. The lowest BCUT2D eigenvalue weighted by atomic mass is 9.91. The quantitative estimate of drug-likeness (QED) is 0.424. The van der Waals surface area contributed by atoms with Crippen molar-refractivity contribution in [2.45, 2.75) is 31.7 Å². The molecular weight excluding hydrogens is 464 g/mol. The molecule has 4 amide bonds. The van der Waals surface area contributed by atoms with Crippen LogP contribution in [-0.4, -0.2) is 24.4 Å². The van der Waals surface area contributed by atoms with E-state index in [-0.39, 0.29) is 5.91 Å². The standard InChI is InChI=1S/C27H27ClN4O3/c1-27(19-7-3-2-4-8-19,31-26(35)30-22-12-10-20(28)11-13-22)25(34)29-21-14-16-23(17-15-21)32-18-6-5-9-24(32)33/h2-4,7-8,10-17H,5-6,9,18H2,1H3,(H,29,34)(H2,30,31,35)/t27-/m0/s1. The van der Waals surface area contributed by atoms with Gasteiger partial charge >= 0.3 is 6.03 Å². The molecule has 1 aliphatic rings. The summed E-state index contributed by atoms with van der Waals surface area (Å²) in [4.78, 5) is 40.3. The average molecular weight is 491 g/mol. The van der Waals surface area contributed by atoms with Crippen molar-refractivity contribution >= 4 is 46.5 Å². The van der Waals surface area contributed by atoms with E-state index < -0.39 is 17.5 Å². The molecule has 3 N–H and O–H groups in total. The Morgan fingerprint density at radius 1 is 0.857 bits per heavy atom. The Morgan fingerprint density at radius 2 is 1.49 bits per heavy atom. The largest absolute Gasteiger partial charge is 0.324 e. The number of rotatable bonds is 6. The number of hydrogen-bond acceptors (Lipinski definition) is 3. The van der Waals surface area contributed by atoms with Gasteiger partial charge in [-0.25, -0.2) is 4.79 Å². The monoisotopic (exact) mass is 490 g/mol. The molecule has 1 heterocycles. The molecule has 0 spiro atoms. The van der Waals surface area contributed by atoms with Crippen molar-refractivity contribution in [1.82, 2.24) is 5.32 Å². The summed E-state index contributed by atoms with van der Waals surface area (Å²) >= 11 is 5.91. The Balaban J connectivity index is 1.51. The average Bonchev–Trinajstić information content (AvgIpc) is 2.87. The van der Waals surface area contributed by atoms with Crippen LogP contribution in [0.25, 0.3) is 0 Å². The third-order valence-electron chi connectivity index (χ3n) is 6.03. The topological polar surface area (TPSA) is 90.5 Å². The van der Waals surface area contributed by atoms with Crippen molar-refractivity contribution in [3.8, 4) is 0 Å². The van der Waals surface area contributed by atoms with Crippen molar-refractivity contribution < 1.29 is 14.4 Å². The minimum atomic E-state index is -1.36. The second-order valence-corrected chi connectivity index (χ2v) is 9.02. The molecular formula is C27H27ClN4O3. The van der Waals surface area contributed by atoms with Crippen molar-refractivity contribution in [2.24, 2.45) is 0 Å². The number of nitrogens with zero attached hydrogens (tertiary/aromatic N) is 1. The van der Waals surface area contributed by atoms with Crippen LogP contribution in [-0.2, 0) is 15.1 Å². The van der Waals surface area contributed by atoms with Gasteiger partial charge in [0, 0.05) is 35.1 Å². The number of piperidine rings is 1. The van der Waals surface area contributed by atoms with Crippen LogP contribution in [0, 0.1) is 0 Å². The molecule has 0 radical (unpaired) electrons. The highest BCUT2D eigenvalue weighted by molar-refractivity contribution is 6.30. The molecule has 180 valence electrons. The molecule has 0 bridgehead atoms. The summed E-state index contributed by atoms with van der Waals surface area (Å²) in [5.74, 6) is -0.294. The third kappa shape index (κ3) is 5.81. The van der Waals surface area contributed by atoms with Gasteiger partial charge in [-0.1, -0.05) is 41.9 Å². The molecule has 1 saturated heterocycles. The van der Waals surface area contributed by atoms with E-state index in [9.17, 15) is 14.4 Å². The van der Waals surface area contributed by atoms with Crippen molar-refractivity contribution in [3.05, 3.63) is 89.4 Å². The second-order valence-electron chi connectivity index (χ2n) is 8.58. The van der Waals surface area contributed by atoms with E-state index >= 15 is 0 Å². The maximum absolute atomic E-state index is 13.5. The van der Waals surface area contributed by atoms with Crippen LogP contribution in [0.1, 0.15) is 31.7 Å². The zero-order chi connectivity index (χ0) is 24.8. The smallest absolute Gasteiger partial charge is 0.320 e. The summed E-state index contributed by atoms with van der Waals surface area (Å²) in [6.45, 7) is 2.35. The molecule has 8 heteroatoms. The first-order valence-corrected chi connectivity index (χ1v) is 11.8. The van der Waals surface area contributed by atoms with Gasteiger partial charge in [0.15, 0.2) is 0 Å². The van der Waals surface area contributed by atoms with Gasteiger partial charge in [0.1, 0.15) is 5.54 Å². The predicted octanol–water partition coefficient (Wildman–Crippen LogP) is 5.53. The van der Waals surface area contributed by atoms with Crippen LogP contribution in [0.2, 0.25) is 5.02 Å². The number of nitrogens with one attached hydrogen (secondary N) is 3. The number of benzene rings is 3. The minimum absolute atomic E-state index is 0.112. The van der Waals surface area contributed by atoms with Gasteiger partial charge in [0.25, 0.3) is 5.91 Å². The molecule has 7 nitrogen and oxygen atoms in total. The van der Waals surface area contributed by atoms with Crippen LogP contribution in [0.4, 0.5) is 21.9 Å². The minimum Gasteiger partial charge on any atom is -0.324 e. The van der Waals surface area contributed by atoms with Gasteiger partial charge in [0.05, 0.1) is 0 Å². The first kappa shape index (κ1) is 24.3. The van der Waals surface area contributed by atoms with Crippen LogP contribution in [0.15, 0.2) is 78.9 Å². The fourth-order valence-corrected chi connectivity index (χ4v) is 4.14. The molecule has 1 aliphatic heterocycles. The van der Waals surface area contributed by atoms with Crippen LogP contribution in [0.3, 0.4) is 0 Å². The number of hydrogen-bond donors (Lipinski definition) is 3. The van der Waals surface area contributed by atoms with Gasteiger partial charge < -0.3 is 20.9 Å². The molecule has 1 atom stereocenters. The Labute approximate surface area is 209 Å². The summed E-state index contributed by atoms with van der Waals surface area (Å²) in [5, 5.41) is 9.00. The van der Waals surface area contributed by atoms with Gasteiger partial charge in [-0.05, 0) is 73.9 Å². The third-order valence-corrected chi connectivity index (χ3v) is 6.28. The van der Waals surface area contributed by atoms with Gasteiger partial charge in [0.2, 0.25) is 5.91 Å². The summed E-state index contributed by atoms with van der Waals surface area (Å²) < 4.78 is 0. The fourth-order valence-electron chi connectivity index (χ4n) is 4.01. The van der Waals surface area contributed by atoms with E-state index in [2.05, 4.69) is 16.0 Å². The molecule has 35 heavy (non-hydrogen) atoms. The van der Waals surface area contributed by atoms with Crippen LogP contribution < -0.4 is 20.9 Å². The highest BCUT2D eigenvalue weighted by Gasteiger charge is 2.37. The molecule has 4 rings (SSSR count). The van der Waals surface area contributed by atoms with Crippen molar-refractivity contribution in [1.29, 1.82) is 0 Å². The predicted molar refractivity (Wildman–Crippen MR) is 139 cm³/mol. The molecule has 0 aliphatic carbocycles. The maximum atomic E-state index is 13.5. The van der Waals surface area contributed by atoms with E-state index in [4.69, 9.17) is 11.6 Å². The van der Waals surface area contributed by atoms with Gasteiger partial charge in [-0.2, -0.15) is 0 Å². The lowest BCUT2D eigenvalue weighted by Gasteiger charge is -2.30. The van der Waals surface area contributed by atoms with E-state index in [0.717, 1.165) is 18.5 Å². The first-order valence-electron chi connectivity index (χ1n) is 11.5. The zero-order valence-corrected chi connectivity index (χ0v) is 20.1. The van der Waals surface area contributed by atoms with Crippen molar-refractivity contribution in [2.75, 3.05) is 22.1 Å². The lowest BCUT2D eigenvalue weighted by Crippen LogP contribution is -2.53. The number of carbonyl (C=O) groups excluding carboxylic acids is 3. The normalized spacial score (nSPS) is 15.1. The summed E-state index contributed by atoms with van der Waals surface area (Å²) in [6, 6.07) is 22.3. The first-order chi connectivity index (χ1) is 16.8. The van der Waals surface area contributed by atoms with Crippen LogP contribution in [0.5, 0.6) is 0 Å².